The number of benzene rings is 2. The largest absolute Gasteiger partial charge is 0.497 e. The van der Waals surface area contributed by atoms with Crippen LogP contribution in [0.25, 0.3) is 0 Å². The van der Waals surface area contributed by atoms with Gasteiger partial charge in [0.2, 0.25) is 0 Å². The first kappa shape index (κ1) is 13.4. The van der Waals surface area contributed by atoms with Crippen LogP contribution < -0.4 is 4.74 Å². The van der Waals surface area contributed by atoms with Crippen LogP contribution in [0.2, 0.25) is 5.02 Å². The van der Waals surface area contributed by atoms with Crippen molar-refractivity contribution >= 4 is 27.5 Å². The van der Waals surface area contributed by atoms with Gasteiger partial charge in [0.25, 0.3) is 0 Å². The maximum atomic E-state index is 6.28. The smallest absolute Gasteiger partial charge is 0.120 e. The maximum Gasteiger partial charge on any atom is 0.120 e. The maximum absolute atomic E-state index is 6.28. The lowest BCUT2D eigenvalue weighted by Gasteiger charge is -2.14. The monoisotopic (exact) mass is 324 g/mol. The molecular weight excluding hydrogens is 312 g/mol. The Hall–Kier alpha value is -0.990. The minimum Gasteiger partial charge on any atom is -0.497 e. The van der Waals surface area contributed by atoms with Crippen molar-refractivity contribution in [2.75, 3.05) is 7.11 Å². The van der Waals surface area contributed by atoms with Crippen LogP contribution >= 0.6 is 27.5 Å². The Labute approximate surface area is 121 Å². The molecule has 0 aliphatic heterocycles. The Balaban J connectivity index is 2.37. The first-order valence-corrected chi connectivity index (χ1v) is 6.95. The zero-order valence-corrected chi connectivity index (χ0v) is 12.6. The van der Waals surface area contributed by atoms with Crippen molar-refractivity contribution in [3.8, 4) is 5.75 Å². The molecule has 94 valence electrons. The molecule has 0 saturated carbocycles. The van der Waals surface area contributed by atoms with E-state index in [4.69, 9.17) is 16.3 Å². The molecule has 0 bridgehead atoms. The van der Waals surface area contributed by atoms with Crippen molar-refractivity contribution in [1.82, 2.24) is 0 Å². The van der Waals surface area contributed by atoms with Crippen molar-refractivity contribution in [2.45, 2.75) is 11.8 Å². The summed E-state index contributed by atoms with van der Waals surface area (Å²) in [5.74, 6) is 0.771. The van der Waals surface area contributed by atoms with Gasteiger partial charge in [0.05, 0.1) is 11.9 Å². The Morgan fingerprint density at radius 3 is 2.56 bits per heavy atom. The zero-order chi connectivity index (χ0) is 13.1. The van der Waals surface area contributed by atoms with Crippen LogP contribution in [0.4, 0.5) is 0 Å². The van der Waals surface area contributed by atoms with Crippen LogP contribution in [-0.4, -0.2) is 7.11 Å². The second-order valence-electron chi connectivity index (χ2n) is 4.16. The van der Waals surface area contributed by atoms with E-state index in [0.717, 1.165) is 11.3 Å². The Morgan fingerprint density at radius 1 is 1.17 bits per heavy atom. The molecule has 0 aliphatic carbocycles. The van der Waals surface area contributed by atoms with Crippen molar-refractivity contribution in [3.63, 3.8) is 0 Å². The summed E-state index contributed by atoms with van der Waals surface area (Å²) in [5.41, 5.74) is 3.48. The third-order valence-electron chi connectivity index (χ3n) is 2.82. The molecule has 1 atom stereocenters. The lowest BCUT2D eigenvalue weighted by atomic mass is 10.0. The lowest BCUT2D eigenvalue weighted by molar-refractivity contribution is 0.414. The van der Waals surface area contributed by atoms with E-state index >= 15 is 0 Å². The molecular formula is C15H14BrClO. The Kier molecular flexibility index (Phi) is 4.31. The molecule has 1 nitrogen and oxygen atoms in total. The third kappa shape index (κ3) is 2.88. The molecule has 2 aromatic rings. The highest BCUT2D eigenvalue weighted by Gasteiger charge is 2.14. The number of hydrogen-bond donors (Lipinski definition) is 0. The molecule has 3 heteroatoms. The van der Waals surface area contributed by atoms with Gasteiger partial charge in [-0.2, -0.15) is 0 Å². The minimum atomic E-state index is 0.0933. The predicted molar refractivity (Wildman–Crippen MR) is 80.0 cm³/mol. The highest BCUT2D eigenvalue weighted by Crippen LogP contribution is 2.36. The van der Waals surface area contributed by atoms with Crippen LogP contribution in [0.5, 0.6) is 5.75 Å². The number of methoxy groups -OCH3 is 1. The summed E-state index contributed by atoms with van der Waals surface area (Å²) in [6.07, 6.45) is 0. The zero-order valence-electron chi connectivity index (χ0n) is 10.3. The SMILES string of the molecule is COc1ccc(C(Br)c2cccc(C)c2)c(Cl)c1. The van der Waals surface area contributed by atoms with Crippen LogP contribution in [0.15, 0.2) is 42.5 Å². The van der Waals surface area contributed by atoms with Gasteiger partial charge in [0.15, 0.2) is 0 Å². The standard InChI is InChI=1S/C15H14BrClO/c1-10-4-3-5-11(8-10)15(16)13-7-6-12(18-2)9-14(13)17/h3-9,15H,1-2H3. The van der Waals surface area contributed by atoms with Crippen molar-refractivity contribution in [2.24, 2.45) is 0 Å². The fourth-order valence-corrected chi connectivity index (χ4v) is 2.94. The quantitative estimate of drug-likeness (QED) is 0.710. The topological polar surface area (TPSA) is 9.23 Å². The Bertz CT molecular complexity index is 554. The average Bonchev–Trinajstić information content (AvgIpc) is 2.37. The number of alkyl halides is 1. The summed E-state index contributed by atoms with van der Waals surface area (Å²) in [5, 5.41) is 0.706. The van der Waals surface area contributed by atoms with Crippen molar-refractivity contribution in [1.29, 1.82) is 0 Å². The van der Waals surface area contributed by atoms with Gasteiger partial charge in [0, 0.05) is 5.02 Å². The average molecular weight is 326 g/mol. The van der Waals surface area contributed by atoms with Gasteiger partial charge < -0.3 is 4.74 Å². The van der Waals surface area contributed by atoms with Crippen LogP contribution in [0, 0.1) is 6.92 Å². The lowest BCUT2D eigenvalue weighted by Crippen LogP contribution is -1.95. The molecule has 0 heterocycles. The fourth-order valence-electron chi connectivity index (χ4n) is 1.85. The van der Waals surface area contributed by atoms with Gasteiger partial charge in [-0.3, -0.25) is 0 Å². The predicted octanol–water partition coefficient (Wildman–Crippen LogP) is 5.14. The number of ether oxygens (including phenoxy) is 1. The van der Waals surface area contributed by atoms with Crippen molar-refractivity contribution in [3.05, 3.63) is 64.2 Å². The second kappa shape index (κ2) is 5.77. The van der Waals surface area contributed by atoms with E-state index in [0.29, 0.717) is 5.02 Å². The third-order valence-corrected chi connectivity index (χ3v) is 4.16. The summed E-state index contributed by atoms with van der Waals surface area (Å²) >= 11 is 9.98. The van der Waals surface area contributed by atoms with Gasteiger partial charge in [-0.1, -0.05) is 63.4 Å². The van der Waals surface area contributed by atoms with Crippen LogP contribution in [-0.2, 0) is 0 Å². The van der Waals surface area contributed by atoms with Gasteiger partial charge in [-0.15, -0.1) is 0 Å². The van der Waals surface area contributed by atoms with E-state index < -0.39 is 0 Å². The molecule has 0 fully saturated rings. The van der Waals surface area contributed by atoms with Crippen LogP contribution in [0.1, 0.15) is 21.5 Å². The van der Waals surface area contributed by atoms with Crippen molar-refractivity contribution < 1.29 is 4.74 Å². The van der Waals surface area contributed by atoms with Gasteiger partial charge in [-0.05, 0) is 30.2 Å². The summed E-state index contributed by atoms with van der Waals surface area (Å²) in [7, 11) is 1.64. The summed E-state index contributed by atoms with van der Waals surface area (Å²) in [6.45, 7) is 2.08. The van der Waals surface area contributed by atoms with Gasteiger partial charge in [-0.25, -0.2) is 0 Å². The molecule has 0 radical (unpaired) electrons. The molecule has 0 spiro atoms. The molecule has 18 heavy (non-hydrogen) atoms. The molecule has 0 aromatic heterocycles. The summed E-state index contributed by atoms with van der Waals surface area (Å²) in [4.78, 5) is 0.0933. The van der Waals surface area contributed by atoms with Gasteiger partial charge >= 0.3 is 0 Å². The number of rotatable bonds is 3. The molecule has 0 amide bonds. The van der Waals surface area contributed by atoms with E-state index in [1.165, 1.54) is 11.1 Å². The second-order valence-corrected chi connectivity index (χ2v) is 5.49. The first-order valence-electron chi connectivity index (χ1n) is 5.66. The summed E-state index contributed by atoms with van der Waals surface area (Å²) in [6, 6.07) is 14.1. The highest BCUT2D eigenvalue weighted by atomic mass is 79.9. The van der Waals surface area contributed by atoms with E-state index in [1.807, 2.05) is 18.2 Å². The first-order chi connectivity index (χ1) is 8.61. The fraction of sp³-hybridized carbons (Fsp3) is 0.200. The summed E-state index contributed by atoms with van der Waals surface area (Å²) < 4.78 is 5.15. The Morgan fingerprint density at radius 2 is 1.94 bits per heavy atom. The number of halogens is 2. The normalized spacial score (nSPS) is 12.2. The van der Waals surface area contributed by atoms with E-state index in [9.17, 15) is 0 Å². The number of hydrogen-bond acceptors (Lipinski definition) is 1. The minimum absolute atomic E-state index is 0.0933. The number of aryl methyl sites for hydroxylation is 1. The van der Waals surface area contributed by atoms with Crippen LogP contribution in [0.3, 0.4) is 0 Å². The van der Waals surface area contributed by atoms with E-state index in [-0.39, 0.29) is 4.83 Å². The molecule has 2 rings (SSSR count). The molecule has 0 aliphatic rings. The molecule has 1 unspecified atom stereocenters. The van der Waals surface area contributed by atoms with E-state index in [1.54, 1.807) is 7.11 Å². The molecule has 2 aromatic carbocycles. The highest BCUT2D eigenvalue weighted by molar-refractivity contribution is 9.09. The van der Waals surface area contributed by atoms with Gasteiger partial charge in [0.1, 0.15) is 5.75 Å². The van der Waals surface area contributed by atoms with E-state index in [2.05, 4.69) is 47.1 Å². The molecule has 0 N–H and O–H groups in total. The molecule has 0 saturated heterocycles.